The molecule has 0 unspecified atom stereocenters. The van der Waals surface area contributed by atoms with E-state index in [-0.39, 0.29) is 16.7 Å². The van der Waals surface area contributed by atoms with Gasteiger partial charge in [-0.1, -0.05) is 35.0 Å². The summed E-state index contributed by atoms with van der Waals surface area (Å²) in [7, 11) is 1.40. The lowest BCUT2D eigenvalue weighted by Gasteiger charge is -2.12. The number of ether oxygens (including phenoxy) is 1. The van der Waals surface area contributed by atoms with Crippen molar-refractivity contribution >= 4 is 41.0 Å². The Hall–Kier alpha value is -3.85. The molecular formula is C19H17ClN6O3. The highest BCUT2D eigenvalue weighted by atomic mass is 35.5. The van der Waals surface area contributed by atoms with Gasteiger partial charge in [0.2, 0.25) is 5.88 Å². The Bertz CT molecular complexity index is 1030. The Kier molecular flexibility index (Phi) is 6.43. The van der Waals surface area contributed by atoms with E-state index in [0.717, 1.165) is 0 Å². The molecule has 0 bridgehead atoms. The first-order chi connectivity index (χ1) is 14.1. The number of benzene rings is 2. The number of carbonyl (C=O) groups excluding carboxylic acids is 1. The van der Waals surface area contributed by atoms with Crippen molar-refractivity contribution in [2.75, 3.05) is 23.5 Å². The molecule has 0 aliphatic carbocycles. The van der Waals surface area contributed by atoms with E-state index < -0.39 is 6.03 Å². The maximum atomic E-state index is 12.1. The Labute approximate surface area is 171 Å². The third-order valence-corrected chi connectivity index (χ3v) is 3.91. The predicted molar refractivity (Wildman–Crippen MR) is 112 cm³/mol. The smallest absolute Gasteiger partial charge is 0.323 e. The number of nitrogen functional groups attached to an aromatic ring is 1. The lowest BCUT2D eigenvalue weighted by molar-refractivity contribution is 0.215. The van der Waals surface area contributed by atoms with Crippen LogP contribution in [0, 0.1) is 0 Å². The summed E-state index contributed by atoms with van der Waals surface area (Å²) in [6.45, 7) is 0. The number of hydrogen-bond acceptors (Lipinski definition) is 7. The summed E-state index contributed by atoms with van der Waals surface area (Å²) >= 11 is 6.27. The minimum absolute atomic E-state index is 0.178. The highest BCUT2D eigenvalue weighted by Gasteiger charge is 2.12. The van der Waals surface area contributed by atoms with Gasteiger partial charge in [-0.3, -0.25) is 0 Å². The second-order valence-corrected chi connectivity index (χ2v) is 5.99. The number of oxime groups is 1. The van der Waals surface area contributed by atoms with Crippen LogP contribution in [0.25, 0.3) is 0 Å². The monoisotopic (exact) mass is 412 g/mol. The molecule has 0 aliphatic rings. The number of anilines is 3. The van der Waals surface area contributed by atoms with Crippen LogP contribution in [0.15, 0.2) is 60.0 Å². The van der Waals surface area contributed by atoms with Gasteiger partial charge in [0.05, 0.1) is 16.9 Å². The number of urea groups is 1. The maximum Gasteiger partial charge on any atom is 0.323 e. The van der Waals surface area contributed by atoms with Gasteiger partial charge in [0.1, 0.15) is 30.6 Å². The molecule has 0 atom stereocenters. The molecule has 0 spiro atoms. The van der Waals surface area contributed by atoms with Crippen molar-refractivity contribution < 1.29 is 14.4 Å². The predicted octanol–water partition coefficient (Wildman–Crippen LogP) is 4.13. The van der Waals surface area contributed by atoms with Crippen molar-refractivity contribution in [3.63, 3.8) is 0 Å². The van der Waals surface area contributed by atoms with Crippen molar-refractivity contribution in [1.82, 2.24) is 9.97 Å². The van der Waals surface area contributed by atoms with Crippen LogP contribution >= 0.6 is 11.6 Å². The number of nitrogens with one attached hydrogen (secondary N) is 2. The topological polar surface area (TPSA) is 124 Å². The molecule has 0 aliphatic heterocycles. The summed E-state index contributed by atoms with van der Waals surface area (Å²) < 4.78 is 5.73. The lowest BCUT2D eigenvalue weighted by atomic mass is 10.3. The molecule has 10 heteroatoms. The molecule has 0 radical (unpaired) electrons. The molecule has 0 saturated heterocycles. The molecular weight excluding hydrogens is 396 g/mol. The highest BCUT2D eigenvalue weighted by molar-refractivity contribution is 6.34. The standard InChI is InChI=1S/C19H17ClN6O3/c1-28-24-10-14-17(21)22-11-23-18(14)29-13-7-8-16(15(20)9-13)26-19(27)25-12-5-3-2-4-6-12/h2-11H,1H3,(H2,21,22,23)(H2,25,26,27). The number of nitrogens with zero attached hydrogens (tertiary/aromatic N) is 3. The highest BCUT2D eigenvalue weighted by Crippen LogP contribution is 2.31. The molecule has 29 heavy (non-hydrogen) atoms. The van der Waals surface area contributed by atoms with Crippen molar-refractivity contribution in [1.29, 1.82) is 0 Å². The molecule has 148 valence electrons. The molecule has 0 fully saturated rings. The van der Waals surface area contributed by atoms with Crippen molar-refractivity contribution in [3.8, 4) is 11.6 Å². The van der Waals surface area contributed by atoms with Crippen molar-refractivity contribution in [3.05, 3.63) is 65.4 Å². The zero-order valence-electron chi connectivity index (χ0n) is 15.3. The van der Waals surface area contributed by atoms with E-state index in [1.807, 2.05) is 18.2 Å². The van der Waals surface area contributed by atoms with Crippen LogP contribution < -0.4 is 21.1 Å². The average molecular weight is 413 g/mol. The van der Waals surface area contributed by atoms with Gasteiger partial charge in [0, 0.05) is 11.8 Å². The average Bonchev–Trinajstić information content (AvgIpc) is 2.70. The number of hydrogen-bond donors (Lipinski definition) is 3. The zero-order chi connectivity index (χ0) is 20.6. The minimum Gasteiger partial charge on any atom is -0.438 e. The first kappa shape index (κ1) is 19.9. The molecule has 3 aromatic rings. The molecule has 3 rings (SSSR count). The number of para-hydroxylation sites is 1. The molecule has 2 amide bonds. The number of aromatic nitrogens is 2. The fourth-order valence-electron chi connectivity index (χ4n) is 2.28. The van der Waals surface area contributed by atoms with Crippen LogP contribution in [0.3, 0.4) is 0 Å². The van der Waals surface area contributed by atoms with E-state index in [0.29, 0.717) is 22.7 Å². The van der Waals surface area contributed by atoms with E-state index >= 15 is 0 Å². The first-order valence-electron chi connectivity index (χ1n) is 8.34. The summed E-state index contributed by atoms with van der Waals surface area (Å²) in [6, 6.07) is 13.4. The number of rotatable bonds is 6. The summed E-state index contributed by atoms with van der Waals surface area (Å²) in [6.07, 6.45) is 2.61. The van der Waals surface area contributed by atoms with Crippen molar-refractivity contribution in [2.24, 2.45) is 5.16 Å². The summed E-state index contributed by atoms with van der Waals surface area (Å²) in [5, 5.41) is 9.32. The molecule has 1 heterocycles. The Morgan fingerprint density at radius 3 is 2.69 bits per heavy atom. The van der Waals surface area contributed by atoms with E-state index in [1.54, 1.807) is 24.3 Å². The number of carbonyl (C=O) groups is 1. The van der Waals surface area contributed by atoms with Crippen LogP contribution in [0.2, 0.25) is 5.02 Å². The molecule has 9 nitrogen and oxygen atoms in total. The SMILES string of the molecule is CON=Cc1c(N)ncnc1Oc1ccc(NC(=O)Nc2ccccc2)c(Cl)c1. The Morgan fingerprint density at radius 1 is 1.17 bits per heavy atom. The van der Waals surface area contributed by atoms with Gasteiger partial charge in [0.15, 0.2) is 0 Å². The zero-order valence-corrected chi connectivity index (χ0v) is 16.1. The second kappa shape index (κ2) is 9.38. The third kappa shape index (κ3) is 5.33. The number of amides is 2. The van der Waals surface area contributed by atoms with Gasteiger partial charge < -0.3 is 25.9 Å². The normalized spacial score (nSPS) is 10.6. The minimum atomic E-state index is -0.423. The van der Waals surface area contributed by atoms with Crippen LogP contribution in [0.4, 0.5) is 22.0 Å². The molecule has 2 aromatic carbocycles. The van der Waals surface area contributed by atoms with Crippen LogP contribution in [-0.2, 0) is 4.84 Å². The van der Waals surface area contributed by atoms with E-state index in [4.69, 9.17) is 22.1 Å². The van der Waals surface area contributed by atoms with Crippen molar-refractivity contribution in [2.45, 2.75) is 0 Å². The van der Waals surface area contributed by atoms with Gasteiger partial charge in [0.25, 0.3) is 0 Å². The van der Waals surface area contributed by atoms with Crippen LogP contribution in [0.1, 0.15) is 5.56 Å². The van der Waals surface area contributed by atoms with E-state index in [2.05, 4.69) is 30.6 Å². The lowest BCUT2D eigenvalue weighted by Crippen LogP contribution is -2.19. The molecule has 0 saturated carbocycles. The Balaban J connectivity index is 1.72. The largest absolute Gasteiger partial charge is 0.438 e. The van der Waals surface area contributed by atoms with Gasteiger partial charge in [-0.05, 0) is 24.3 Å². The molecule has 4 N–H and O–H groups in total. The maximum absolute atomic E-state index is 12.1. The van der Waals surface area contributed by atoms with Gasteiger partial charge in [-0.25, -0.2) is 14.8 Å². The van der Waals surface area contributed by atoms with Gasteiger partial charge in [-0.2, -0.15) is 0 Å². The van der Waals surface area contributed by atoms with E-state index in [9.17, 15) is 4.79 Å². The van der Waals surface area contributed by atoms with Crippen LogP contribution in [0.5, 0.6) is 11.6 Å². The Morgan fingerprint density at radius 2 is 1.97 bits per heavy atom. The molecule has 1 aromatic heterocycles. The van der Waals surface area contributed by atoms with Gasteiger partial charge >= 0.3 is 6.03 Å². The summed E-state index contributed by atoms with van der Waals surface area (Å²) in [5.41, 5.74) is 7.26. The van der Waals surface area contributed by atoms with Gasteiger partial charge in [-0.15, -0.1) is 0 Å². The van der Waals surface area contributed by atoms with Crippen LogP contribution in [-0.4, -0.2) is 29.3 Å². The summed E-state index contributed by atoms with van der Waals surface area (Å²) in [5.74, 6) is 0.740. The quantitative estimate of drug-likeness (QED) is 0.413. The summed E-state index contributed by atoms with van der Waals surface area (Å²) in [4.78, 5) is 24.7. The number of nitrogens with two attached hydrogens (primary N) is 1. The fourth-order valence-corrected chi connectivity index (χ4v) is 2.50. The first-order valence-corrected chi connectivity index (χ1v) is 8.72. The third-order valence-electron chi connectivity index (χ3n) is 3.60. The second-order valence-electron chi connectivity index (χ2n) is 5.58. The fraction of sp³-hybridized carbons (Fsp3) is 0.0526. The van der Waals surface area contributed by atoms with E-state index in [1.165, 1.54) is 25.7 Å². The number of halogens is 1.